The van der Waals surface area contributed by atoms with Crippen LogP contribution in [-0.2, 0) is 0 Å². The number of hydrogen-bond donors (Lipinski definition) is 1. The number of nitro benzene ring substituents is 1. The van der Waals surface area contributed by atoms with Crippen molar-refractivity contribution in [3.63, 3.8) is 0 Å². The highest BCUT2D eigenvalue weighted by Crippen LogP contribution is 2.38. The molecule has 1 saturated heterocycles. The summed E-state index contributed by atoms with van der Waals surface area (Å²) in [5.74, 6) is 0.187. The van der Waals surface area contributed by atoms with Crippen LogP contribution in [0.25, 0.3) is 0 Å². The number of carbonyl (C=O) groups excluding carboxylic acids is 1. The first kappa shape index (κ1) is 24.3. The van der Waals surface area contributed by atoms with Gasteiger partial charge in [-0.25, -0.2) is 0 Å². The second kappa shape index (κ2) is 10.6. The van der Waals surface area contributed by atoms with Gasteiger partial charge in [0.25, 0.3) is 5.91 Å². The molecule has 1 N–H and O–H groups in total. The number of amides is 1. The third-order valence-electron chi connectivity index (χ3n) is 5.76. The zero-order valence-corrected chi connectivity index (χ0v) is 20.1. The number of benzene rings is 3. The summed E-state index contributed by atoms with van der Waals surface area (Å²) in [6.07, 6.45) is 0. The van der Waals surface area contributed by atoms with E-state index in [4.69, 9.17) is 21.1 Å². The number of nitrogens with zero attached hydrogens (tertiary/aromatic N) is 3. The summed E-state index contributed by atoms with van der Waals surface area (Å²) >= 11 is 5.88. The molecule has 0 aromatic heterocycles. The Morgan fingerprint density at radius 1 is 1.00 bits per heavy atom. The highest BCUT2D eigenvalue weighted by atomic mass is 35.5. The van der Waals surface area contributed by atoms with E-state index < -0.39 is 4.92 Å². The van der Waals surface area contributed by atoms with Crippen LogP contribution < -0.4 is 19.7 Å². The third-order valence-corrected chi connectivity index (χ3v) is 5.99. The van der Waals surface area contributed by atoms with Crippen molar-refractivity contribution in [2.45, 2.75) is 0 Å². The van der Waals surface area contributed by atoms with Crippen molar-refractivity contribution in [1.29, 1.82) is 0 Å². The first-order valence-electron chi connectivity index (χ1n) is 11.0. The van der Waals surface area contributed by atoms with E-state index >= 15 is 0 Å². The Morgan fingerprint density at radius 3 is 2.43 bits per heavy atom. The summed E-state index contributed by atoms with van der Waals surface area (Å²) in [5.41, 5.74) is 1.77. The van der Waals surface area contributed by atoms with Crippen molar-refractivity contribution >= 4 is 34.6 Å². The largest absolute Gasteiger partial charge is 0.493 e. The topological polar surface area (TPSA) is 97.2 Å². The third kappa shape index (κ3) is 5.64. The van der Waals surface area contributed by atoms with Gasteiger partial charge >= 0.3 is 5.69 Å². The second-order valence-electron chi connectivity index (χ2n) is 8.10. The van der Waals surface area contributed by atoms with E-state index in [2.05, 4.69) is 22.2 Å². The quantitative estimate of drug-likeness (QED) is 0.361. The van der Waals surface area contributed by atoms with Crippen LogP contribution in [0.2, 0.25) is 5.02 Å². The monoisotopic (exact) mass is 496 g/mol. The molecule has 0 saturated carbocycles. The van der Waals surface area contributed by atoms with Crippen molar-refractivity contribution in [1.82, 2.24) is 4.90 Å². The summed E-state index contributed by atoms with van der Waals surface area (Å²) in [6.45, 7) is 3.65. The fourth-order valence-corrected chi connectivity index (χ4v) is 3.99. The molecule has 3 aromatic rings. The molecule has 35 heavy (non-hydrogen) atoms. The van der Waals surface area contributed by atoms with Crippen molar-refractivity contribution in [2.75, 3.05) is 50.6 Å². The minimum Gasteiger partial charge on any atom is -0.493 e. The number of piperazine rings is 1. The number of likely N-dealkylation sites (N-methyl/N-ethyl adjacent to an activating group) is 1. The van der Waals surface area contributed by atoms with E-state index in [9.17, 15) is 14.9 Å². The van der Waals surface area contributed by atoms with Crippen LogP contribution >= 0.6 is 11.6 Å². The van der Waals surface area contributed by atoms with Gasteiger partial charge < -0.3 is 24.6 Å². The molecule has 9 nitrogen and oxygen atoms in total. The number of halogens is 1. The summed E-state index contributed by atoms with van der Waals surface area (Å²) < 4.78 is 11.1. The Kier molecular flexibility index (Phi) is 7.38. The number of methoxy groups -OCH3 is 1. The number of carbonyl (C=O) groups is 1. The molecule has 1 aliphatic heterocycles. The molecule has 3 aromatic carbocycles. The van der Waals surface area contributed by atoms with E-state index in [1.54, 1.807) is 12.1 Å². The van der Waals surface area contributed by atoms with Gasteiger partial charge in [-0.1, -0.05) is 23.7 Å². The van der Waals surface area contributed by atoms with Crippen molar-refractivity contribution in [3.8, 4) is 17.2 Å². The predicted molar refractivity (Wildman–Crippen MR) is 135 cm³/mol. The smallest absolute Gasteiger partial charge is 0.313 e. The highest BCUT2D eigenvalue weighted by molar-refractivity contribution is 6.30. The SMILES string of the molecule is COc1cc(C(=O)Nc2ccccc2N2CCN(C)CC2)ccc1Oc1ccc(Cl)cc1[N+](=O)[O-]. The molecule has 0 aliphatic carbocycles. The van der Waals surface area contributed by atoms with Crippen LogP contribution in [0.4, 0.5) is 17.1 Å². The van der Waals surface area contributed by atoms with E-state index in [1.807, 2.05) is 24.3 Å². The molecule has 0 spiro atoms. The van der Waals surface area contributed by atoms with Gasteiger partial charge in [-0.05, 0) is 49.5 Å². The Bertz CT molecular complexity index is 1240. The summed E-state index contributed by atoms with van der Waals surface area (Å²) in [6, 6.07) is 16.5. The Balaban J connectivity index is 1.55. The van der Waals surface area contributed by atoms with Gasteiger partial charge in [0.05, 0.1) is 23.4 Å². The fourth-order valence-electron chi connectivity index (χ4n) is 3.83. The Labute approximate surface area is 208 Å². The molecule has 4 rings (SSSR count). The number of ether oxygens (including phenoxy) is 2. The maximum absolute atomic E-state index is 13.1. The van der Waals surface area contributed by atoms with E-state index in [-0.39, 0.29) is 33.9 Å². The van der Waals surface area contributed by atoms with E-state index in [0.717, 1.165) is 37.6 Å². The van der Waals surface area contributed by atoms with Gasteiger partial charge in [0.15, 0.2) is 11.5 Å². The normalized spacial score (nSPS) is 13.9. The molecule has 1 aliphatic rings. The maximum atomic E-state index is 13.1. The molecule has 1 fully saturated rings. The zero-order chi connectivity index (χ0) is 24.9. The average molecular weight is 497 g/mol. The van der Waals surface area contributed by atoms with E-state index in [1.165, 1.54) is 31.4 Å². The Morgan fingerprint density at radius 2 is 1.71 bits per heavy atom. The number of rotatable bonds is 7. The summed E-state index contributed by atoms with van der Waals surface area (Å²) in [7, 11) is 3.53. The molecule has 182 valence electrons. The molecule has 1 heterocycles. The standard InChI is InChI=1S/C25H25ClN4O5/c1-28-11-13-29(14-12-28)20-6-4-3-5-19(20)27-25(31)17-7-9-23(24(15-17)34-2)35-22-10-8-18(26)16-21(22)30(32)33/h3-10,15-16H,11-14H2,1-2H3,(H,27,31). The fraction of sp³-hybridized carbons (Fsp3) is 0.240. The highest BCUT2D eigenvalue weighted by Gasteiger charge is 2.21. The number of hydrogen-bond acceptors (Lipinski definition) is 7. The molecule has 0 bridgehead atoms. The van der Waals surface area contributed by atoms with Gasteiger partial charge in [-0.15, -0.1) is 0 Å². The lowest BCUT2D eigenvalue weighted by Crippen LogP contribution is -2.44. The van der Waals surface area contributed by atoms with Crippen LogP contribution in [0.15, 0.2) is 60.7 Å². The molecule has 0 radical (unpaired) electrons. The average Bonchev–Trinajstić information content (AvgIpc) is 2.86. The molecule has 1 amide bonds. The molecule has 10 heteroatoms. The van der Waals surface area contributed by atoms with Crippen molar-refractivity contribution < 1.29 is 19.2 Å². The van der Waals surface area contributed by atoms with Crippen LogP contribution in [0, 0.1) is 10.1 Å². The molecule has 0 atom stereocenters. The first-order chi connectivity index (χ1) is 16.9. The summed E-state index contributed by atoms with van der Waals surface area (Å²) in [5, 5.41) is 14.6. The van der Waals surface area contributed by atoms with Gasteiger partial charge in [0.2, 0.25) is 5.75 Å². The second-order valence-corrected chi connectivity index (χ2v) is 8.53. The zero-order valence-electron chi connectivity index (χ0n) is 19.4. The lowest BCUT2D eigenvalue weighted by molar-refractivity contribution is -0.385. The van der Waals surface area contributed by atoms with Crippen LogP contribution in [0.3, 0.4) is 0 Å². The lowest BCUT2D eigenvalue weighted by Gasteiger charge is -2.35. The first-order valence-corrected chi connectivity index (χ1v) is 11.4. The van der Waals surface area contributed by atoms with Gasteiger partial charge in [-0.2, -0.15) is 0 Å². The Hall–Kier alpha value is -3.82. The molecular weight excluding hydrogens is 472 g/mol. The van der Waals surface area contributed by atoms with Crippen molar-refractivity contribution in [3.05, 3.63) is 81.4 Å². The maximum Gasteiger partial charge on any atom is 0.313 e. The lowest BCUT2D eigenvalue weighted by atomic mass is 10.1. The van der Waals surface area contributed by atoms with Crippen LogP contribution in [-0.4, -0.2) is 56.1 Å². The number of nitrogens with one attached hydrogen (secondary N) is 1. The van der Waals surface area contributed by atoms with Gasteiger partial charge in [0, 0.05) is 42.8 Å². The van der Waals surface area contributed by atoms with Gasteiger partial charge in [0.1, 0.15) is 0 Å². The van der Waals surface area contributed by atoms with Crippen LogP contribution in [0.5, 0.6) is 17.2 Å². The number of anilines is 2. The predicted octanol–water partition coefficient (Wildman–Crippen LogP) is 5.05. The van der Waals surface area contributed by atoms with Crippen LogP contribution in [0.1, 0.15) is 10.4 Å². The number of nitro groups is 1. The number of para-hydroxylation sites is 2. The summed E-state index contributed by atoms with van der Waals surface area (Å²) in [4.78, 5) is 28.4. The van der Waals surface area contributed by atoms with Gasteiger partial charge in [-0.3, -0.25) is 14.9 Å². The minimum atomic E-state index is -0.576. The molecule has 0 unspecified atom stereocenters. The minimum absolute atomic E-state index is 0.0102. The van der Waals surface area contributed by atoms with Crippen molar-refractivity contribution in [2.24, 2.45) is 0 Å². The molecular formula is C25H25ClN4O5. The van der Waals surface area contributed by atoms with E-state index in [0.29, 0.717) is 5.56 Å².